The monoisotopic (exact) mass is 463 g/mol. The molecule has 0 radical (unpaired) electrons. The fourth-order valence-electron chi connectivity index (χ4n) is 4.84. The number of aromatic nitrogens is 4. The molecule has 4 heterocycles. The number of para-hydroxylation sites is 1. The van der Waals surface area contributed by atoms with Gasteiger partial charge < -0.3 is 14.4 Å². The average Bonchev–Trinajstić information content (AvgIpc) is 3.33. The van der Waals surface area contributed by atoms with Gasteiger partial charge in [-0.3, -0.25) is 9.67 Å². The predicted molar refractivity (Wildman–Crippen MR) is 130 cm³/mol. The first kappa shape index (κ1) is 22.8. The van der Waals surface area contributed by atoms with E-state index in [0.29, 0.717) is 19.0 Å². The number of carbonyl (C=O) groups excluding carboxylic acids is 1. The normalized spacial score (nSPS) is 18.4. The van der Waals surface area contributed by atoms with E-state index in [-0.39, 0.29) is 12.1 Å². The molecule has 0 unspecified atom stereocenters. The molecular weight excluding hydrogens is 430 g/mol. The van der Waals surface area contributed by atoms with E-state index < -0.39 is 5.60 Å². The van der Waals surface area contributed by atoms with Gasteiger partial charge in [0.2, 0.25) is 0 Å². The number of piperidine rings is 1. The Balaban J connectivity index is 1.31. The number of ether oxygens (including phenoxy) is 2. The van der Waals surface area contributed by atoms with E-state index in [1.165, 1.54) is 5.56 Å². The molecule has 0 N–H and O–H groups in total. The highest BCUT2D eigenvalue weighted by molar-refractivity contribution is 5.80. The molecule has 2 saturated heterocycles. The number of nitrogens with zero attached hydrogens (tertiary/aromatic N) is 5. The van der Waals surface area contributed by atoms with Crippen molar-refractivity contribution in [3.05, 3.63) is 42.4 Å². The van der Waals surface area contributed by atoms with Crippen LogP contribution in [-0.2, 0) is 9.47 Å². The van der Waals surface area contributed by atoms with E-state index in [9.17, 15) is 4.79 Å². The number of carbonyl (C=O) groups is 1. The Hall–Kier alpha value is -3.00. The third-order valence-electron chi connectivity index (χ3n) is 6.65. The lowest BCUT2D eigenvalue weighted by atomic mass is 9.90. The van der Waals surface area contributed by atoms with Crippen LogP contribution in [0, 0.1) is 0 Å². The smallest absolute Gasteiger partial charge is 0.410 e. The van der Waals surface area contributed by atoms with Crippen molar-refractivity contribution < 1.29 is 14.3 Å². The number of amides is 1. The first-order chi connectivity index (χ1) is 16.4. The van der Waals surface area contributed by atoms with Crippen LogP contribution in [0.15, 0.2) is 36.8 Å². The summed E-state index contributed by atoms with van der Waals surface area (Å²) in [6.07, 6.45) is 9.25. The zero-order chi connectivity index (χ0) is 23.7. The summed E-state index contributed by atoms with van der Waals surface area (Å²) in [5.74, 6) is 0.458. The fraction of sp³-hybridized carbons (Fsp3) is 0.538. The molecule has 0 aliphatic carbocycles. The first-order valence-corrected chi connectivity index (χ1v) is 12.2. The topological polar surface area (TPSA) is 82.4 Å². The number of fused-ring (bicyclic) bond motifs is 1. The predicted octanol–water partition coefficient (Wildman–Crippen LogP) is 4.96. The molecule has 1 amide bonds. The van der Waals surface area contributed by atoms with E-state index >= 15 is 0 Å². The first-order valence-electron chi connectivity index (χ1n) is 12.2. The highest BCUT2D eigenvalue weighted by Gasteiger charge is 2.28. The van der Waals surface area contributed by atoms with Crippen LogP contribution < -0.4 is 0 Å². The Morgan fingerprint density at radius 3 is 2.59 bits per heavy atom. The minimum atomic E-state index is -0.476. The Kier molecular flexibility index (Phi) is 6.25. The third-order valence-corrected chi connectivity index (χ3v) is 6.65. The Labute approximate surface area is 200 Å². The SMILES string of the molecule is CC(C)(C)OC(=O)N1CCC(n2cc(-c3cnc4cccc(C5CCOCC5)c4n3)cn2)CC1. The summed E-state index contributed by atoms with van der Waals surface area (Å²) in [5, 5.41) is 4.64. The molecule has 2 aliphatic heterocycles. The maximum Gasteiger partial charge on any atom is 0.410 e. The second-order valence-electron chi connectivity index (χ2n) is 10.3. The lowest BCUT2D eigenvalue weighted by Crippen LogP contribution is -2.42. The van der Waals surface area contributed by atoms with Gasteiger partial charge in [-0.05, 0) is 64.0 Å². The van der Waals surface area contributed by atoms with Gasteiger partial charge in [0.25, 0.3) is 0 Å². The summed E-state index contributed by atoms with van der Waals surface area (Å²) in [6, 6.07) is 6.53. The maximum atomic E-state index is 12.4. The molecule has 8 heteroatoms. The molecule has 3 aromatic rings. The van der Waals surface area contributed by atoms with Gasteiger partial charge in [0.15, 0.2) is 0 Å². The molecule has 0 atom stereocenters. The van der Waals surface area contributed by atoms with E-state index in [2.05, 4.69) is 23.4 Å². The fourth-order valence-corrected chi connectivity index (χ4v) is 4.84. The van der Waals surface area contributed by atoms with Crippen LogP contribution in [0.3, 0.4) is 0 Å². The van der Waals surface area contributed by atoms with Crippen molar-refractivity contribution in [3.63, 3.8) is 0 Å². The van der Waals surface area contributed by atoms with Crippen molar-refractivity contribution >= 4 is 17.1 Å². The summed E-state index contributed by atoms with van der Waals surface area (Å²) in [4.78, 5) is 23.9. The standard InChI is InChI=1S/C26H33N5O3/c1-26(2,3)34-25(32)30-11-7-20(8-12-30)31-17-19(15-28-31)23-16-27-22-6-4-5-21(24(22)29-23)18-9-13-33-14-10-18/h4-6,15-18,20H,7-14H2,1-3H3. The Morgan fingerprint density at radius 1 is 1.09 bits per heavy atom. The number of hydrogen-bond donors (Lipinski definition) is 0. The number of likely N-dealkylation sites (tertiary alicyclic amines) is 1. The van der Waals surface area contributed by atoms with Gasteiger partial charge in [0, 0.05) is 38.1 Å². The van der Waals surface area contributed by atoms with Crippen molar-refractivity contribution in [3.8, 4) is 11.3 Å². The molecule has 0 bridgehead atoms. The van der Waals surface area contributed by atoms with Gasteiger partial charge in [0.05, 0.1) is 35.2 Å². The number of hydrogen-bond acceptors (Lipinski definition) is 6. The third kappa shape index (κ3) is 4.92. The van der Waals surface area contributed by atoms with Crippen LogP contribution in [0.25, 0.3) is 22.3 Å². The molecule has 1 aromatic carbocycles. The van der Waals surface area contributed by atoms with Crippen LogP contribution in [0.1, 0.15) is 64.0 Å². The second-order valence-corrected chi connectivity index (χ2v) is 10.3. The highest BCUT2D eigenvalue weighted by Crippen LogP contribution is 2.32. The molecule has 2 aromatic heterocycles. The van der Waals surface area contributed by atoms with Crippen molar-refractivity contribution in [2.24, 2.45) is 0 Å². The number of rotatable bonds is 3. The van der Waals surface area contributed by atoms with Crippen molar-refractivity contribution in [2.45, 2.75) is 64.0 Å². The molecular formula is C26H33N5O3. The van der Waals surface area contributed by atoms with Crippen molar-refractivity contribution in [1.82, 2.24) is 24.6 Å². The lowest BCUT2D eigenvalue weighted by Gasteiger charge is -2.33. The van der Waals surface area contributed by atoms with Gasteiger partial charge in [0.1, 0.15) is 5.60 Å². The maximum absolute atomic E-state index is 12.4. The molecule has 0 saturated carbocycles. The second kappa shape index (κ2) is 9.33. The molecule has 34 heavy (non-hydrogen) atoms. The van der Waals surface area contributed by atoms with Crippen LogP contribution in [0.2, 0.25) is 0 Å². The number of benzene rings is 1. The molecule has 8 nitrogen and oxygen atoms in total. The van der Waals surface area contributed by atoms with E-state index in [4.69, 9.17) is 19.4 Å². The van der Waals surface area contributed by atoms with E-state index in [0.717, 1.165) is 61.2 Å². The minimum Gasteiger partial charge on any atom is -0.444 e. The molecule has 180 valence electrons. The molecule has 2 fully saturated rings. The molecule has 5 rings (SSSR count). The van der Waals surface area contributed by atoms with E-state index in [1.54, 1.807) is 4.90 Å². The summed E-state index contributed by atoms with van der Waals surface area (Å²) in [6.45, 7) is 8.61. The summed E-state index contributed by atoms with van der Waals surface area (Å²) in [5.41, 5.74) is 4.49. The van der Waals surface area contributed by atoms with Gasteiger partial charge in [-0.15, -0.1) is 0 Å². The minimum absolute atomic E-state index is 0.237. The quantitative estimate of drug-likeness (QED) is 0.546. The lowest BCUT2D eigenvalue weighted by molar-refractivity contribution is 0.0185. The van der Waals surface area contributed by atoms with Crippen LogP contribution in [0.4, 0.5) is 4.79 Å². The zero-order valence-electron chi connectivity index (χ0n) is 20.2. The summed E-state index contributed by atoms with van der Waals surface area (Å²) in [7, 11) is 0. The zero-order valence-corrected chi connectivity index (χ0v) is 20.2. The van der Waals surface area contributed by atoms with Crippen molar-refractivity contribution in [2.75, 3.05) is 26.3 Å². The highest BCUT2D eigenvalue weighted by atomic mass is 16.6. The molecule has 2 aliphatic rings. The van der Waals surface area contributed by atoms with Crippen LogP contribution in [-0.4, -0.2) is 62.6 Å². The van der Waals surface area contributed by atoms with Crippen LogP contribution >= 0.6 is 0 Å². The largest absolute Gasteiger partial charge is 0.444 e. The van der Waals surface area contributed by atoms with Gasteiger partial charge in [-0.1, -0.05) is 12.1 Å². The van der Waals surface area contributed by atoms with Crippen LogP contribution in [0.5, 0.6) is 0 Å². The van der Waals surface area contributed by atoms with Gasteiger partial charge in [-0.25, -0.2) is 9.78 Å². The summed E-state index contributed by atoms with van der Waals surface area (Å²) < 4.78 is 13.1. The Bertz CT molecular complexity index is 1150. The van der Waals surface area contributed by atoms with Gasteiger partial charge in [-0.2, -0.15) is 5.10 Å². The molecule has 0 spiro atoms. The van der Waals surface area contributed by atoms with Gasteiger partial charge >= 0.3 is 6.09 Å². The summed E-state index contributed by atoms with van der Waals surface area (Å²) >= 11 is 0. The van der Waals surface area contributed by atoms with E-state index in [1.807, 2.05) is 43.9 Å². The van der Waals surface area contributed by atoms with Crippen molar-refractivity contribution in [1.29, 1.82) is 0 Å². The average molecular weight is 464 g/mol. The Morgan fingerprint density at radius 2 is 1.85 bits per heavy atom.